The van der Waals surface area contributed by atoms with Gasteiger partial charge < -0.3 is 9.84 Å². The minimum atomic E-state index is -0.814. The fraction of sp³-hybridized carbons (Fsp3) is 0.0455. The van der Waals surface area contributed by atoms with Gasteiger partial charge in [0.2, 0.25) is 11.7 Å². The monoisotopic (exact) mass is 482 g/mol. The number of carbonyl (C=O) groups is 1. The summed E-state index contributed by atoms with van der Waals surface area (Å²) in [5.41, 5.74) is 0.191. The summed E-state index contributed by atoms with van der Waals surface area (Å²) in [5, 5.41) is 10.9. The van der Waals surface area contributed by atoms with Crippen LogP contribution in [-0.2, 0) is 11.3 Å². The molecule has 3 heterocycles. The Morgan fingerprint density at radius 2 is 1.97 bits per heavy atom. The van der Waals surface area contributed by atoms with Crippen molar-refractivity contribution in [3.8, 4) is 22.8 Å². The topological polar surface area (TPSA) is 107 Å². The third kappa shape index (κ3) is 4.04. The number of hydrogen-bond donors (Lipinski definition) is 1. The smallest absolute Gasteiger partial charge is 0.333 e. The van der Waals surface area contributed by atoms with Crippen molar-refractivity contribution in [2.24, 2.45) is 0 Å². The van der Waals surface area contributed by atoms with E-state index in [1.165, 1.54) is 10.6 Å². The van der Waals surface area contributed by atoms with E-state index in [1.807, 2.05) is 0 Å². The largest absolute Gasteiger partial charge is 0.350 e. The molecule has 0 aliphatic heterocycles. The van der Waals surface area contributed by atoms with Gasteiger partial charge in [0, 0.05) is 22.8 Å². The van der Waals surface area contributed by atoms with Crippen LogP contribution >= 0.6 is 11.6 Å². The van der Waals surface area contributed by atoms with Gasteiger partial charge >= 0.3 is 5.69 Å². The lowest BCUT2D eigenvalue weighted by atomic mass is 10.2. The molecule has 0 atom stereocenters. The molecule has 0 saturated heterocycles. The quantitative estimate of drug-likeness (QED) is 0.408. The van der Waals surface area contributed by atoms with Gasteiger partial charge in [0.05, 0.1) is 11.3 Å². The van der Waals surface area contributed by atoms with Gasteiger partial charge in [-0.3, -0.25) is 4.79 Å². The fourth-order valence-corrected chi connectivity index (χ4v) is 3.50. The molecule has 0 fully saturated rings. The van der Waals surface area contributed by atoms with Gasteiger partial charge in [-0.2, -0.15) is 4.98 Å². The molecule has 12 heteroatoms. The van der Waals surface area contributed by atoms with Gasteiger partial charge in [-0.15, -0.1) is 5.10 Å². The first-order valence-electron chi connectivity index (χ1n) is 9.82. The van der Waals surface area contributed by atoms with Crippen molar-refractivity contribution in [2.75, 3.05) is 5.32 Å². The van der Waals surface area contributed by atoms with Gasteiger partial charge in [0.25, 0.3) is 5.89 Å². The van der Waals surface area contributed by atoms with E-state index >= 15 is 0 Å². The molecule has 3 aromatic heterocycles. The number of fused-ring (bicyclic) bond motifs is 1. The number of carbonyl (C=O) groups excluding carboxylic acids is 1. The molecule has 0 unspecified atom stereocenters. The molecule has 5 aromatic rings. The number of hydrogen-bond acceptors (Lipinski definition) is 6. The Hall–Kier alpha value is -4.38. The number of rotatable bonds is 5. The number of anilines is 1. The second-order valence-electron chi connectivity index (χ2n) is 7.16. The van der Waals surface area contributed by atoms with Crippen LogP contribution in [0.5, 0.6) is 0 Å². The van der Waals surface area contributed by atoms with Gasteiger partial charge in [-0.25, -0.2) is 22.7 Å². The average molecular weight is 483 g/mol. The van der Waals surface area contributed by atoms with E-state index in [9.17, 15) is 18.4 Å². The number of nitrogens with zero attached hydrogens (tertiary/aromatic N) is 5. The summed E-state index contributed by atoms with van der Waals surface area (Å²) in [6.07, 6.45) is 1.46. The molecule has 2 aromatic carbocycles. The lowest BCUT2D eigenvalue weighted by molar-refractivity contribution is -0.117. The van der Waals surface area contributed by atoms with Crippen molar-refractivity contribution >= 4 is 28.8 Å². The molecule has 0 spiro atoms. The van der Waals surface area contributed by atoms with E-state index in [2.05, 4.69) is 20.6 Å². The molecule has 1 N–H and O–H groups in total. The van der Waals surface area contributed by atoms with E-state index in [0.29, 0.717) is 16.1 Å². The lowest BCUT2D eigenvalue weighted by Crippen LogP contribution is -2.28. The molecular formula is C22H13ClF2N6O3. The highest BCUT2D eigenvalue weighted by Crippen LogP contribution is 2.26. The molecule has 0 radical (unpaired) electrons. The van der Waals surface area contributed by atoms with E-state index in [-0.39, 0.29) is 23.0 Å². The third-order valence-electron chi connectivity index (χ3n) is 4.84. The minimum absolute atomic E-state index is 0.101. The number of benzene rings is 2. The zero-order chi connectivity index (χ0) is 23.8. The summed E-state index contributed by atoms with van der Waals surface area (Å²) in [6.45, 7) is -0.534. The number of amides is 1. The summed E-state index contributed by atoms with van der Waals surface area (Å²) in [4.78, 5) is 29.5. The Morgan fingerprint density at radius 1 is 1.12 bits per heavy atom. The number of aromatic nitrogens is 5. The molecule has 34 heavy (non-hydrogen) atoms. The zero-order valence-corrected chi connectivity index (χ0v) is 17.8. The second-order valence-corrected chi connectivity index (χ2v) is 7.60. The van der Waals surface area contributed by atoms with Crippen LogP contribution in [0.3, 0.4) is 0 Å². The van der Waals surface area contributed by atoms with Crippen LogP contribution in [0.2, 0.25) is 5.02 Å². The van der Waals surface area contributed by atoms with E-state index in [0.717, 1.165) is 22.9 Å². The van der Waals surface area contributed by atoms with Crippen LogP contribution in [0.4, 0.5) is 14.5 Å². The highest BCUT2D eigenvalue weighted by Gasteiger charge is 2.19. The summed E-state index contributed by atoms with van der Waals surface area (Å²) in [6, 6.07) is 12.8. The highest BCUT2D eigenvalue weighted by molar-refractivity contribution is 6.30. The molecule has 0 bridgehead atoms. The Balaban J connectivity index is 1.46. The minimum Gasteiger partial charge on any atom is -0.333 e. The maximum atomic E-state index is 13.8. The first kappa shape index (κ1) is 21.5. The third-order valence-corrected chi connectivity index (χ3v) is 5.08. The second kappa shape index (κ2) is 8.52. The summed E-state index contributed by atoms with van der Waals surface area (Å²) in [7, 11) is 0. The Morgan fingerprint density at radius 3 is 2.79 bits per heavy atom. The maximum Gasteiger partial charge on any atom is 0.350 e. The highest BCUT2D eigenvalue weighted by atomic mass is 35.5. The molecule has 9 nitrogen and oxygen atoms in total. The molecule has 5 rings (SSSR count). The summed E-state index contributed by atoms with van der Waals surface area (Å²) in [5.74, 6) is -1.91. The molecular weight excluding hydrogens is 470 g/mol. The molecule has 0 saturated carbocycles. The number of pyridine rings is 1. The van der Waals surface area contributed by atoms with E-state index in [1.54, 1.807) is 36.4 Å². The predicted octanol–water partition coefficient (Wildman–Crippen LogP) is 3.78. The van der Waals surface area contributed by atoms with Crippen molar-refractivity contribution in [3.63, 3.8) is 0 Å². The van der Waals surface area contributed by atoms with E-state index < -0.39 is 29.8 Å². The maximum absolute atomic E-state index is 13.8. The van der Waals surface area contributed by atoms with Gasteiger partial charge in [0.15, 0.2) is 5.65 Å². The van der Waals surface area contributed by atoms with Crippen LogP contribution in [-0.4, -0.2) is 30.2 Å². The van der Waals surface area contributed by atoms with Gasteiger partial charge in [-0.1, -0.05) is 28.9 Å². The zero-order valence-electron chi connectivity index (χ0n) is 17.1. The van der Waals surface area contributed by atoms with Crippen molar-refractivity contribution in [3.05, 3.63) is 87.9 Å². The van der Waals surface area contributed by atoms with Crippen molar-refractivity contribution in [2.45, 2.75) is 6.54 Å². The lowest BCUT2D eigenvalue weighted by Gasteiger charge is -2.05. The molecule has 170 valence electrons. The Bertz CT molecular complexity index is 1610. The van der Waals surface area contributed by atoms with Crippen LogP contribution in [0.25, 0.3) is 28.5 Å². The van der Waals surface area contributed by atoms with Crippen LogP contribution in [0.1, 0.15) is 0 Å². The van der Waals surface area contributed by atoms with Crippen LogP contribution in [0.15, 0.2) is 70.1 Å². The SMILES string of the molecule is O=C(Cn1nc2c(-c3nc(-c4cccc(Cl)c4)no3)cccn2c1=O)Nc1cc(F)ccc1F. The summed E-state index contributed by atoms with van der Waals surface area (Å²) < 4.78 is 34.6. The van der Waals surface area contributed by atoms with Crippen LogP contribution in [0, 0.1) is 11.6 Å². The van der Waals surface area contributed by atoms with E-state index in [4.69, 9.17) is 16.1 Å². The number of halogens is 3. The van der Waals surface area contributed by atoms with Crippen LogP contribution < -0.4 is 11.0 Å². The Kier molecular flexibility index (Phi) is 5.38. The van der Waals surface area contributed by atoms with Gasteiger partial charge in [0.1, 0.15) is 18.2 Å². The first-order chi connectivity index (χ1) is 16.4. The predicted molar refractivity (Wildman–Crippen MR) is 118 cm³/mol. The first-order valence-corrected chi connectivity index (χ1v) is 10.2. The van der Waals surface area contributed by atoms with Gasteiger partial charge in [-0.05, 0) is 36.4 Å². The average Bonchev–Trinajstić information content (AvgIpc) is 3.42. The Labute approximate surface area is 194 Å². The van der Waals surface area contributed by atoms with Crippen molar-refractivity contribution in [1.29, 1.82) is 0 Å². The molecule has 1 amide bonds. The molecule has 0 aliphatic rings. The standard InChI is InChI=1S/C22H13ClF2N6O3/c23-13-4-1-3-12(9-13)19-27-21(34-29-19)15-5-2-8-30-20(15)28-31(22(30)33)11-18(32)26-17-10-14(24)6-7-16(17)25/h1-10H,11H2,(H,26,32). The fourth-order valence-electron chi connectivity index (χ4n) is 3.30. The van der Waals surface area contributed by atoms with Crippen molar-refractivity contribution in [1.82, 2.24) is 24.3 Å². The van der Waals surface area contributed by atoms with Crippen molar-refractivity contribution < 1.29 is 18.1 Å². The normalized spacial score (nSPS) is 11.1. The number of nitrogens with one attached hydrogen (secondary N) is 1. The summed E-state index contributed by atoms with van der Waals surface area (Å²) >= 11 is 6.02. The molecule has 0 aliphatic carbocycles.